The lowest BCUT2D eigenvalue weighted by molar-refractivity contribution is -0.0212. The van der Waals surface area contributed by atoms with Gasteiger partial charge < -0.3 is 9.84 Å². The smallest absolute Gasteiger partial charge is 0.389 e. The summed E-state index contributed by atoms with van der Waals surface area (Å²) in [5.74, 6) is 0.193. The summed E-state index contributed by atoms with van der Waals surface area (Å²) < 4.78 is 40.9. The van der Waals surface area contributed by atoms with Crippen LogP contribution < -0.4 is 0 Å². The monoisotopic (exact) mass is 384 g/mol. The molecule has 0 radical (unpaired) electrons. The maximum Gasteiger partial charge on any atom is 0.397 e. The molecule has 0 aliphatic rings. The molecule has 0 aliphatic heterocycles. The third-order valence-electron chi connectivity index (χ3n) is 3.23. The molecular weight excluding hydrogens is 364 g/mol. The Balaban J connectivity index is 1.89. The maximum absolute atomic E-state index is 11.0. The molecule has 2 rings (SSSR count). The molecule has 0 spiro atoms. The van der Waals surface area contributed by atoms with Crippen LogP contribution in [-0.2, 0) is 25.9 Å². The van der Waals surface area contributed by atoms with E-state index in [4.69, 9.17) is 9.29 Å². The Labute approximate surface area is 151 Å². The zero-order valence-electron chi connectivity index (χ0n) is 13.4. The normalized spacial score (nSPS) is 14.2. The lowest BCUT2D eigenvalue weighted by Crippen LogP contribution is -2.37. The number of aliphatic hydroxyl groups is 1. The minimum absolute atomic E-state index is 0.175. The molecule has 0 bridgehead atoms. The van der Waals surface area contributed by atoms with E-state index in [1.165, 1.54) is 11.8 Å². The Morgan fingerprint density at radius 2 is 1.60 bits per heavy atom. The van der Waals surface area contributed by atoms with Crippen LogP contribution in [0, 0.1) is 0 Å². The lowest BCUT2D eigenvalue weighted by atomic mass is 10.2. The highest BCUT2D eigenvalue weighted by molar-refractivity contribution is 7.99. The van der Waals surface area contributed by atoms with Gasteiger partial charge in [0.1, 0.15) is 6.10 Å². The van der Waals surface area contributed by atoms with Crippen molar-refractivity contribution < 1.29 is 27.0 Å². The van der Waals surface area contributed by atoms with Crippen molar-refractivity contribution in [1.29, 1.82) is 0 Å². The van der Waals surface area contributed by atoms with Crippen molar-refractivity contribution in [2.24, 2.45) is 0 Å². The largest absolute Gasteiger partial charge is 0.397 e. The van der Waals surface area contributed by atoms with Crippen LogP contribution in [0.5, 0.6) is 0 Å². The van der Waals surface area contributed by atoms with Gasteiger partial charge >= 0.3 is 10.4 Å². The Bertz CT molecular complexity index is 721. The molecule has 2 aromatic carbocycles. The van der Waals surface area contributed by atoms with Gasteiger partial charge in [-0.1, -0.05) is 48.5 Å². The van der Waals surface area contributed by atoms with Gasteiger partial charge in [0.2, 0.25) is 0 Å². The number of hydrogen-bond donors (Lipinski definition) is 2. The summed E-state index contributed by atoms with van der Waals surface area (Å²) in [6, 6.07) is 18.7. The quantitative estimate of drug-likeness (QED) is 0.480. The van der Waals surface area contributed by atoms with Gasteiger partial charge in [0, 0.05) is 10.6 Å². The molecule has 2 N–H and O–H groups in total. The Kier molecular flexibility index (Phi) is 7.89. The SMILES string of the molecule is O=S(=O)(O)O[C@H](COCc1ccccc1)[C@@H](O)CSc1ccccc1. The van der Waals surface area contributed by atoms with E-state index in [1.54, 1.807) is 0 Å². The highest BCUT2D eigenvalue weighted by Gasteiger charge is 2.26. The molecule has 0 aliphatic carbocycles. The minimum Gasteiger partial charge on any atom is -0.389 e. The van der Waals surface area contributed by atoms with Crippen LogP contribution >= 0.6 is 11.8 Å². The number of rotatable bonds is 10. The fourth-order valence-corrected chi connectivity index (χ4v) is 3.46. The van der Waals surface area contributed by atoms with E-state index >= 15 is 0 Å². The van der Waals surface area contributed by atoms with E-state index in [2.05, 4.69) is 4.18 Å². The van der Waals surface area contributed by atoms with Crippen LogP contribution in [0.1, 0.15) is 5.56 Å². The molecule has 2 aromatic rings. The fourth-order valence-electron chi connectivity index (χ4n) is 2.03. The molecule has 25 heavy (non-hydrogen) atoms. The van der Waals surface area contributed by atoms with E-state index in [9.17, 15) is 13.5 Å². The standard InChI is InChI=1S/C17H20O6S2/c18-16(13-24-15-9-5-2-6-10-15)17(23-25(19,20)21)12-22-11-14-7-3-1-4-8-14/h1-10,16-18H,11-13H2,(H,19,20,21)/t16-,17+/m0/s1. The van der Waals surface area contributed by atoms with Gasteiger partial charge in [-0.25, -0.2) is 4.18 Å². The number of aliphatic hydroxyl groups excluding tert-OH is 1. The zero-order chi connectivity index (χ0) is 18.1. The first-order valence-corrected chi connectivity index (χ1v) is 9.92. The van der Waals surface area contributed by atoms with Crippen molar-refractivity contribution in [2.45, 2.75) is 23.7 Å². The van der Waals surface area contributed by atoms with Crippen molar-refractivity contribution in [1.82, 2.24) is 0 Å². The predicted octanol–water partition coefficient (Wildman–Crippen LogP) is 2.54. The van der Waals surface area contributed by atoms with Gasteiger partial charge in [-0.3, -0.25) is 4.55 Å². The summed E-state index contributed by atoms with van der Waals surface area (Å²) in [4.78, 5) is 0.928. The van der Waals surface area contributed by atoms with Gasteiger partial charge in [0.15, 0.2) is 0 Å². The number of ether oxygens (including phenoxy) is 1. The summed E-state index contributed by atoms with van der Waals surface area (Å²) in [6.45, 7) is 0.0654. The van der Waals surface area contributed by atoms with Crippen LogP contribution in [0.25, 0.3) is 0 Å². The second kappa shape index (κ2) is 9.91. The maximum atomic E-state index is 11.0. The van der Waals surface area contributed by atoms with Gasteiger partial charge in [-0.2, -0.15) is 8.42 Å². The van der Waals surface area contributed by atoms with E-state index < -0.39 is 22.6 Å². The van der Waals surface area contributed by atoms with Gasteiger partial charge in [0.25, 0.3) is 0 Å². The second-order valence-electron chi connectivity index (χ2n) is 5.25. The topological polar surface area (TPSA) is 93.1 Å². The molecule has 0 unspecified atom stereocenters. The van der Waals surface area contributed by atoms with Crippen molar-refractivity contribution in [3.8, 4) is 0 Å². The molecule has 0 saturated carbocycles. The van der Waals surface area contributed by atoms with E-state index in [-0.39, 0.29) is 19.0 Å². The van der Waals surface area contributed by atoms with Gasteiger partial charge in [-0.05, 0) is 17.7 Å². The van der Waals surface area contributed by atoms with Crippen molar-refractivity contribution in [3.63, 3.8) is 0 Å². The zero-order valence-corrected chi connectivity index (χ0v) is 15.0. The molecule has 8 heteroatoms. The molecule has 2 atom stereocenters. The van der Waals surface area contributed by atoms with Crippen LogP contribution in [0.2, 0.25) is 0 Å². The highest BCUT2D eigenvalue weighted by Crippen LogP contribution is 2.20. The van der Waals surface area contributed by atoms with Gasteiger partial charge in [0.05, 0.1) is 19.3 Å². The molecule has 0 saturated heterocycles. The molecule has 136 valence electrons. The molecule has 6 nitrogen and oxygen atoms in total. The highest BCUT2D eigenvalue weighted by atomic mass is 32.3. The Morgan fingerprint density at radius 3 is 2.20 bits per heavy atom. The summed E-state index contributed by atoms with van der Waals surface area (Å²) in [6.07, 6.45) is -2.34. The fraction of sp³-hybridized carbons (Fsp3) is 0.294. The summed E-state index contributed by atoms with van der Waals surface area (Å²) in [7, 11) is -4.70. The van der Waals surface area contributed by atoms with E-state index in [1.807, 2.05) is 60.7 Å². The van der Waals surface area contributed by atoms with Crippen LogP contribution in [0.4, 0.5) is 0 Å². The first-order valence-electron chi connectivity index (χ1n) is 7.57. The van der Waals surface area contributed by atoms with Gasteiger partial charge in [-0.15, -0.1) is 11.8 Å². The predicted molar refractivity (Wildman–Crippen MR) is 95.7 cm³/mol. The van der Waals surface area contributed by atoms with Crippen LogP contribution in [0.3, 0.4) is 0 Å². The molecule has 0 fully saturated rings. The average molecular weight is 384 g/mol. The first kappa shape index (κ1) is 19.9. The van der Waals surface area contributed by atoms with Crippen LogP contribution in [-0.4, -0.2) is 42.6 Å². The lowest BCUT2D eigenvalue weighted by Gasteiger charge is -2.21. The Morgan fingerprint density at radius 1 is 1.00 bits per heavy atom. The van der Waals surface area contributed by atoms with Crippen molar-refractivity contribution >= 4 is 22.2 Å². The average Bonchev–Trinajstić information content (AvgIpc) is 2.59. The van der Waals surface area contributed by atoms with E-state index in [0.29, 0.717) is 0 Å². The van der Waals surface area contributed by atoms with Crippen LogP contribution in [0.15, 0.2) is 65.6 Å². The van der Waals surface area contributed by atoms with E-state index in [0.717, 1.165) is 10.5 Å². The summed E-state index contributed by atoms with van der Waals surface area (Å²) in [5.41, 5.74) is 0.904. The molecule has 0 amide bonds. The van der Waals surface area contributed by atoms with Crippen molar-refractivity contribution in [3.05, 3.63) is 66.2 Å². The summed E-state index contributed by atoms with van der Waals surface area (Å²) >= 11 is 1.35. The number of hydrogen-bond acceptors (Lipinski definition) is 6. The Hall–Kier alpha value is -1.42. The number of thioether (sulfide) groups is 1. The molecule has 0 aromatic heterocycles. The van der Waals surface area contributed by atoms with Crippen molar-refractivity contribution in [2.75, 3.05) is 12.4 Å². The molecule has 0 heterocycles. The molecular formula is C17H20O6S2. The number of benzene rings is 2. The minimum atomic E-state index is -4.70. The third-order valence-corrected chi connectivity index (χ3v) is 4.84. The summed E-state index contributed by atoms with van der Waals surface area (Å²) in [5, 5.41) is 10.2. The second-order valence-corrected chi connectivity index (χ2v) is 7.40. The first-order chi connectivity index (χ1) is 11.9. The third kappa shape index (κ3) is 8.00.